The number of carbonyl (C=O) groups excluding carboxylic acids is 1. The predicted molar refractivity (Wildman–Crippen MR) is 82.0 cm³/mol. The number of amides is 1. The average Bonchev–Trinajstić information content (AvgIpc) is 3.01. The van der Waals surface area contributed by atoms with Gasteiger partial charge in [-0.3, -0.25) is 4.79 Å². The topological polar surface area (TPSA) is 20.3 Å². The normalized spacial score (nSPS) is 14.6. The Bertz CT molecular complexity index is 632. The molecule has 0 N–H and O–H groups in total. The van der Waals surface area contributed by atoms with Crippen LogP contribution in [0.1, 0.15) is 23.2 Å². The van der Waals surface area contributed by atoms with Crippen LogP contribution in [-0.2, 0) is 0 Å². The first kappa shape index (κ1) is 13.2. The molecule has 0 spiro atoms. The lowest BCUT2D eigenvalue weighted by molar-refractivity contribution is 0.0793. The highest BCUT2D eigenvalue weighted by molar-refractivity contribution is 6.30. The molecule has 20 heavy (non-hydrogen) atoms. The molecule has 1 fully saturated rings. The van der Waals surface area contributed by atoms with Gasteiger partial charge in [0.15, 0.2) is 0 Å². The molecule has 0 atom stereocenters. The fraction of sp³-hybridized carbons (Fsp3) is 0.235. The Labute approximate surface area is 124 Å². The van der Waals surface area contributed by atoms with Gasteiger partial charge in [-0.2, -0.15) is 0 Å². The molecular formula is C17H16ClNO. The van der Waals surface area contributed by atoms with Gasteiger partial charge in [0, 0.05) is 23.7 Å². The minimum Gasteiger partial charge on any atom is -0.339 e. The summed E-state index contributed by atoms with van der Waals surface area (Å²) in [6.07, 6.45) is 2.22. The van der Waals surface area contributed by atoms with Gasteiger partial charge in [-0.25, -0.2) is 0 Å². The molecule has 1 heterocycles. The summed E-state index contributed by atoms with van der Waals surface area (Å²) in [5.74, 6) is 0.131. The van der Waals surface area contributed by atoms with Crippen molar-refractivity contribution >= 4 is 17.5 Å². The lowest BCUT2D eigenvalue weighted by Gasteiger charge is -2.15. The summed E-state index contributed by atoms with van der Waals surface area (Å²) in [5.41, 5.74) is 2.82. The summed E-state index contributed by atoms with van der Waals surface area (Å²) < 4.78 is 0. The lowest BCUT2D eigenvalue weighted by Crippen LogP contribution is -2.27. The van der Waals surface area contributed by atoms with E-state index in [1.165, 1.54) is 0 Å². The summed E-state index contributed by atoms with van der Waals surface area (Å²) in [6.45, 7) is 1.75. The molecule has 1 aliphatic rings. The van der Waals surface area contributed by atoms with Crippen molar-refractivity contribution in [3.05, 3.63) is 59.1 Å². The zero-order valence-corrected chi connectivity index (χ0v) is 11.9. The van der Waals surface area contributed by atoms with Crippen LogP contribution in [0.2, 0.25) is 5.02 Å². The van der Waals surface area contributed by atoms with Crippen molar-refractivity contribution in [3.8, 4) is 11.1 Å². The molecule has 0 bridgehead atoms. The Morgan fingerprint density at radius 1 is 0.950 bits per heavy atom. The summed E-state index contributed by atoms with van der Waals surface area (Å²) in [7, 11) is 0. The first-order chi connectivity index (χ1) is 9.74. The molecule has 3 heteroatoms. The number of carbonyl (C=O) groups is 1. The van der Waals surface area contributed by atoms with E-state index < -0.39 is 0 Å². The van der Waals surface area contributed by atoms with Crippen LogP contribution in [-0.4, -0.2) is 23.9 Å². The first-order valence-electron chi connectivity index (χ1n) is 6.89. The van der Waals surface area contributed by atoms with Crippen molar-refractivity contribution < 1.29 is 4.79 Å². The molecule has 0 radical (unpaired) electrons. The van der Waals surface area contributed by atoms with E-state index in [0.717, 1.165) is 42.6 Å². The summed E-state index contributed by atoms with van der Waals surface area (Å²) >= 11 is 6.03. The molecule has 0 aromatic heterocycles. The lowest BCUT2D eigenvalue weighted by atomic mass is 10.0. The number of rotatable bonds is 2. The highest BCUT2D eigenvalue weighted by Crippen LogP contribution is 2.24. The molecule has 1 amide bonds. The minimum atomic E-state index is 0.131. The molecule has 1 saturated heterocycles. The third kappa shape index (κ3) is 2.70. The Morgan fingerprint density at radius 3 is 2.30 bits per heavy atom. The molecule has 102 valence electrons. The third-order valence-electron chi connectivity index (χ3n) is 3.66. The molecule has 0 aliphatic carbocycles. The number of hydrogen-bond acceptors (Lipinski definition) is 1. The Hall–Kier alpha value is -1.80. The minimum absolute atomic E-state index is 0.131. The molecule has 2 aromatic rings. The van der Waals surface area contributed by atoms with Gasteiger partial charge in [0.2, 0.25) is 0 Å². The van der Waals surface area contributed by atoms with Gasteiger partial charge in [-0.05, 0) is 48.2 Å². The second-order valence-electron chi connectivity index (χ2n) is 5.09. The average molecular weight is 286 g/mol. The van der Waals surface area contributed by atoms with Gasteiger partial charge in [-0.15, -0.1) is 0 Å². The maximum absolute atomic E-state index is 12.4. The van der Waals surface area contributed by atoms with Crippen molar-refractivity contribution in [1.82, 2.24) is 4.90 Å². The molecule has 2 aromatic carbocycles. The highest BCUT2D eigenvalue weighted by atomic mass is 35.5. The van der Waals surface area contributed by atoms with Crippen LogP contribution in [0, 0.1) is 0 Å². The molecule has 1 aliphatic heterocycles. The van der Waals surface area contributed by atoms with E-state index in [1.807, 2.05) is 53.4 Å². The van der Waals surface area contributed by atoms with E-state index in [9.17, 15) is 4.79 Å². The van der Waals surface area contributed by atoms with Crippen LogP contribution in [0.25, 0.3) is 11.1 Å². The van der Waals surface area contributed by atoms with Crippen LogP contribution in [0.5, 0.6) is 0 Å². The zero-order chi connectivity index (χ0) is 13.9. The van der Waals surface area contributed by atoms with Gasteiger partial charge in [0.05, 0.1) is 0 Å². The van der Waals surface area contributed by atoms with Crippen LogP contribution >= 0.6 is 11.6 Å². The van der Waals surface area contributed by atoms with Crippen molar-refractivity contribution in [1.29, 1.82) is 0 Å². The van der Waals surface area contributed by atoms with Gasteiger partial charge >= 0.3 is 0 Å². The molecule has 2 nitrogen and oxygen atoms in total. The second-order valence-corrected chi connectivity index (χ2v) is 5.53. The second kappa shape index (κ2) is 5.68. The van der Waals surface area contributed by atoms with Crippen molar-refractivity contribution in [2.45, 2.75) is 12.8 Å². The van der Waals surface area contributed by atoms with Gasteiger partial charge in [-0.1, -0.05) is 35.9 Å². The maximum atomic E-state index is 12.4. The number of hydrogen-bond donors (Lipinski definition) is 0. The van der Waals surface area contributed by atoms with Crippen LogP contribution in [0.4, 0.5) is 0 Å². The molecule has 3 rings (SSSR count). The fourth-order valence-corrected chi connectivity index (χ4v) is 2.79. The molecular weight excluding hydrogens is 270 g/mol. The Morgan fingerprint density at radius 2 is 1.60 bits per heavy atom. The standard InChI is InChI=1S/C17H16ClNO/c18-16-8-4-6-14(12-16)13-5-3-7-15(11-13)17(20)19-9-1-2-10-19/h3-8,11-12H,1-2,9-10H2. The first-order valence-corrected chi connectivity index (χ1v) is 7.27. The predicted octanol–water partition coefficient (Wildman–Crippen LogP) is 4.24. The number of nitrogens with zero attached hydrogens (tertiary/aromatic N) is 1. The van der Waals surface area contributed by atoms with Crippen LogP contribution in [0.3, 0.4) is 0 Å². The summed E-state index contributed by atoms with van der Waals surface area (Å²) in [6, 6.07) is 15.5. The van der Waals surface area contributed by atoms with Crippen molar-refractivity contribution in [3.63, 3.8) is 0 Å². The SMILES string of the molecule is O=C(c1cccc(-c2cccc(Cl)c2)c1)N1CCCC1. The van der Waals surface area contributed by atoms with E-state index in [4.69, 9.17) is 11.6 Å². The number of benzene rings is 2. The molecule has 0 saturated carbocycles. The highest BCUT2D eigenvalue weighted by Gasteiger charge is 2.19. The van der Waals surface area contributed by atoms with E-state index in [0.29, 0.717) is 5.02 Å². The largest absolute Gasteiger partial charge is 0.339 e. The zero-order valence-electron chi connectivity index (χ0n) is 11.2. The Kier molecular flexibility index (Phi) is 3.75. The van der Waals surface area contributed by atoms with E-state index >= 15 is 0 Å². The monoisotopic (exact) mass is 285 g/mol. The maximum Gasteiger partial charge on any atom is 0.253 e. The molecule has 0 unspecified atom stereocenters. The van der Waals surface area contributed by atoms with Gasteiger partial charge in [0.25, 0.3) is 5.91 Å². The van der Waals surface area contributed by atoms with E-state index in [1.54, 1.807) is 0 Å². The third-order valence-corrected chi connectivity index (χ3v) is 3.90. The number of halogens is 1. The van der Waals surface area contributed by atoms with Crippen molar-refractivity contribution in [2.75, 3.05) is 13.1 Å². The van der Waals surface area contributed by atoms with Gasteiger partial charge in [0.1, 0.15) is 0 Å². The van der Waals surface area contributed by atoms with Crippen molar-refractivity contribution in [2.24, 2.45) is 0 Å². The van der Waals surface area contributed by atoms with Gasteiger partial charge < -0.3 is 4.90 Å². The number of likely N-dealkylation sites (tertiary alicyclic amines) is 1. The van der Waals surface area contributed by atoms with Crippen LogP contribution in [0.15, 0.2) is 48.5 Å². The fourth-order valence-electron chi connectivity index (χ4n) is 2.60. The summed E-state index contributed by atoms with van der Waals surface area (Å²) in [4.78, 5) is 14.3. The van der Waals surface area contributed by atoms with Crippen LogP contribution < -0.4 is 0 Å². The quantitative estimate of drug-likeness (QED) is 0.808. The van der Waals surface area contributed by atoms with E-state index in [2.05, 4.69) is 0 Å². The van der Waals surface area contributed by atoms with E-state index in [-0.39, 0.29) is 5.91 Å². The smallest absolute Gasteiger partial charge is 0.253 e. The Balaban J connectivity index is 1.91. The summed E-state index contributed by atoms with van der Waals surface area (Å²) in [5, 5.41) is 0.707.